The standard InChI is InChI=1S/C24H29ClN2O4/c1-4-5-13-26-23(28)19-15-27(24(29)17-9-6-7-11-20(17)25)14-18(19)16-10-8-12-21(30-2)22(16)31-3/h6-12,18-19H,4-5,13-15H2,1-3H3,(H,26,28). The SMILES string of the molecule is CCCCNC(=O)C1CN(C(=O)c2ccccc2Cl)CC1c1cccc(OC)c1OC. The molecule has 2 aromatic carbocycles. The first-order chi connectivity index (χ1) is 15.0. The minimum atomic E-state index is -0.399. The summed E-state index contributed by atoms with van der Waals surface area (Å²) in [6.45, 7) is 3.40. The van der Waals surface area contributed by atoms with E-state index in [1.165, 1.54) is 0 Å². The highest BCUT2D eigenvalue weighted by Crippen LogP contribution is 2.42. The van der Waals surface area contributed by atoms with E-state index in [4.69, 9.17) is 21.1 Å². The number of carbonyl (C=O) groups excluding carboxylic acids is 2. The lowest BCUT2D eigenvalue weighted by Crippen LogP contribution is -2.36. The Hall–Kier alpha value is -2.73. The molecule has 1 fully saturated rings. The highest BCUT2D eigenvalue weighted by Gasteiger charge is 2.42. The summed E-state index contributed by atoms with van der Waals surface area (Å²) in [6.07, 6.45) is 1.91. The fourth-order valence-corrected chi connectivity index (χ4v) is 4.30. The molecule has 1 saturated heterocycles. The first-order valence-electron chi connectivity index (χ1n) is 10.5. The van der Waals surface area contributed by atoms with Gasteiger partial charge in [0.2, 0.25) is 5.91 Å². The number of hydrogen-bond donors (Lipinski definition) is 1. The maximum absolute atomic E-state index is 13.2. The fraction of sp³-hybridized carbons (Fsp3) is 0.417. The van der Waals surface area contributed by atoms with E-state index >= 15 is 0 Å². The summed E-state index contributed by atoms with van der Waals surface area (Å²) in [5.41, 5.74) is 1.29. The van der Waals surface area contributed by atoms with E-state index in [2.05, 4.69) is 12.2 Å². The third kappa shape index (κ3) is 4.96. The van der Waals surface area contributed by atoms with E-state index in [0.29, 0.717) is 41.7 Å². The number of amides is 2. The minimum Gasteiger partial charge on any atom is -0.493 e. The quantitative estimate of drug-likeness (QED) is 0.621. The van der Waals surface area contributed by atoms with Crippen molar-refractivity contribution in [1.29, 1.82) is 0 Å². The molecule has 0 radical (unpaired) electrons. The van der Waals surface area contributed by atoms with Gasteiger partial charge in [-0.1, -0.05) is 49.2 Å². The number of nitrogens with one attached hydrogen (secondary N) is 1. The van der Waals surface area contributed by atoms with Crippen LogP contribution >= 0.6 is 11.6 Å². The van der Waals surface area contributed by atoms with Gasteiger partial charge >= 0.3 is 0 Å². The summed E-state index contributed by atoms with van der Waals surface area (Å²) in [4.78, 5) is 28.0. The molecule has 31 heavy (non-hydrogen) atoms. The number of halogens is 1. The van der Waals surface area contributed by atoms with Gasteiger partial charge in [0, 0.05) is 31.1 Å². The molecule has 0 bridgehead atoms. The van der Waals surface area contributed by atoms with Crippen molar-refractivity contribution in [3.05, 3.63) is 58.6 Å². The molecule has 2 amide bonds. The van der Waals surface area contributed by atoms with Crippen LogP contribution in [0.15, 0.2) is 42.5 Å². The van der Waals surface area contributed by atoms with Crippen LogP contribution in [0, 0.1) is 5.92 Å². The number of likely N-dealkylation sites (tertiary alicyclic amines) is 1. The molecule has 166 valence electrons. The first kappa shape index (κ1) is 22.9. The van der Waals surface area contributed by atoms with Crippen LogP contribution in [0.25, 0.3) is 0 Å². The van der Waals surface area contributed by atoms with E-state index in [0.717, 1.165) is 18.4 Å². The second-order valence-corrected chi connectivity index (χ2v) is 8.04. The molecule has 3 rings (SSSR count). The number of hydrogen-bond acceptors (Lipinski definition) is 4. The average Bonchev–Trinajstić information content (AvgIpc) is 3.24. The van der Waals surface area contributed by atoms with Crippen molar-refractivity contribution in [3.63, 3.8) is 0 Å². The maximum Gasteiger partial charge on any atom is 0.255 e. The molecule has 6 nitrogen and oxygen atoms in total. The molecule has 0 spiro atoms. The summed E-state index contributed by atoms with van der Waals surface area (Å²) >= 11 is 6.26. The zero-order valence-electron chi connectivity index (χ0n) is 18.2. The van der Waals surface area contributed by atoms with E-state index in [1.807, 2.05) is 18.2 Å². The molecule has 1 heterocycles. The largest absolute Gasteiger partial charge is 0.493 e. The van der Waals surface area contributed by atoms with Crippen LogP contribution < -0.4 is 14.8 Å². The highest BCUT2D eigenvalue weighted by molar-refractivity contribution is 6.33. The number of methoxy groups -OCH3 is 2. The third-order valence-corrected chi connectivity index (χ3v) is 6.04. The van der Waals surface area contributed by atoms with Gasteiger partial charge in [0.1, 0.15) is 0 Å². The maximum atomic E-state index is 13.2. The van der Waals surface area contributed by atoms with Crippen molar-refractivity contribution >= 4 is 23.4 Å². The zero-order chi connectivity index (χ0) is 22.4. The van der Waals surface area contributed by atoms with Crippen molar-refractivity contribution < 1.29 is 19.1 Å². The number of benzene rings is 2. The molecule has 1 N–H and O–H groups in total. The van der Waals surface area contributed by atoms with Crippen LogP contribution in [0.4, 0.5) is 0 Å². The Morgan fingerprint density at radius 1 is 1.10 bits per heavy atom. The summed E-state index contributed by atoms with van der Waals surface area (Å²) < 4.78 is 11.1. The Balaban J connectivity index is 1.94. The van der Waals surface area contributed by atoms with Crippen LogP contribution in [-0.4, -0.2) is 50.6 Å². The Morgan fingerprint density at radius 2 is 1.87 bits per heavy atom. The highest BCUT2D eigenvalue weighted by atomic mass is 35.5. The van der Waals surface area contributed by atoms with Gasteiger partial charge in [0.05, 0.1) is 30.7 Å². The monoisotopic (exact) mass is 444 g/mol. The minimum absolute atomic E-state index is 0.0576. The van der Waals surface area contributed by atoms with Gasteiger partial charge in [-0.15, -0.1) is 0 Å². The molecule has 0 saturated carbocycles. The number of nitrogens with zero attached hydrogens (tertiary/aromatic N) is 1. The predicted molar refractivity (Wildman–Crippen MR) is 121 cm³/mol. The lowest BCUT2D eigenvalue weighted by atomic mass is 9.87. The molecule has 2 unspecified atom stereocenters. The lowest BCUT2D eigenvalue weighted by Gasteiger charge is -2.21. The van der Waals surface area contributed by atoms with Gasteiger partial charge in [-0.2, -0.15) is 0 Å². The van der Waals surface area contributed by atoms with Gasteiger partial charge in [0.15, 0.2) is 11.5 Å². The zero-order valence-corrected chi connectivity index (χ0v) is 18.9. The van der Waals surface area contributed by atoms with E-state index < -0.39 is 5.92 Å². The van der Waals surface area contributed by atoms with Crippen molar-refractivity contribution in [2.45, 2.75) is 25.7 Å². The fourth-order valence-electron chi connectivity index (χ4n) is 4.08. The molecule has 2 aromatic rings. The molecule has 0 aromatic heterocycles. The van der Waals surface area contributed by atoms with Gasteiger partial charge in [-0.3, -0.25) is 9.59 Å². The first-order valence-corrected chi connectivity index (χ1v) is 10.9. The summed E-state index contributed by atoms with van der Waals surface area (Å²) in [6, 6.07) is 12.6. The summed E-state index contributed by atoms with van der Waals surface area (Å²) in [7, 11) is 3.16. The van der Waals surface area contributed by atoms with Gasteiger partial charge in [0.25, 0.3) is 5.91 Å². The lowest BCUT2D eigenvalue weighted by molar-refractivity contribution is -0.124. The molecular weight excluding hydrogens is 416 g/mol. The average molecular weight is 445 g/mol. The Morgan fingerprint density at radius 3 is 2.55 bits per heavy atom. The Bertz CT molecular complexity index is 934. The molecule has 7 heteroatoms. The Kier molecular flexibility index (Phi) is 7.80. The van der Waals surface area contributed by atoms with Gasteiger partial charge in [-0.25, -0.2) is 0 Å². The third-order valence-electron chi connectivity index (χ3n) is 5.71. The topological polar surface area (TPSA) is 67.9 Å². The van der Waals surface area contributed by atoms with E-state index in [1.54, 1.807) is 43.4 Å². The van der Waals surface area contributed by atoms with Crippen LogP contribution in [0.3, 0.4) is 0 Å². The number of para-hydroxylation sites is 1. The Labute approximate surface area is 188 Å². The molecule has 1 aliphatic rings. The van der Waals surface area contributed by atoms with Crippen molar-refractivity contribution in [1.82, 2.24) is 10.2 Å². The summed E-state index contributed by atoms with van der Waals surface area (Å²) in [5.74, 6) is 0.330. The van der Waals surface area contributed by atoms with E-state index in [-0.39, 0.29) is 17.7 Å². The number of rotatable bonds is 8. The van der Waals surface area contributed by atoms with Crippen LogP contribution in [0.1, 0.15) is 41.6 Å². The van der Waals surface area contributed by atoms with Crippen molar-refractivity contribution in [3.8, 4) is 11.5 Å². The van der Waals surface area contributed by atoms with E-state index in [9.17, 15) is 9.59 Å². The van der Waals surface area contributed by atoms with Crippen LogP contribution in [0.5, 0.6) is 11.5 Å². The molecular formula is C24H29ClN2O4. The van der Waals surface area contributed by atoms with Crippen LogP contribution in [0.2, 0.25) is 5.02 Å². The van der Waals surface area contributed by atoms with Crippen molar-refractivity contribution in [2.24, 2.45) is 5.92 Å². The van der Waals surface area contributed by atoms with Crippen LogP contribution in [-0.2, 0) is 4.79 Å². The number of ether oxygens (including phenoxy) is 2. The second kappa shape index (κ2) is 10.5. The van der Waals surface area contributed by atoms with Crippen molar-refractivity contribution in [2.75, 3.05) is 33.9 Å². The molecule has 0 aliphatic carbocycles. The van der Waals surface area contributed by atoms with Gasteiger partial charge < -0.3 is 19.7 Å². The number of carbonyl (C=O) groups is 2. The second-order valence-electron chi connectivity index (χ2n) is 7.63. The number of unbranched alkanes of at least 4 members (excludes halogenated alkanes) is 1. The molecule has 2 atom stereocenters. The smallest absolute Gasteiger partial charge is 0.255 e. The molecule has 1 aliphatic heterocycles. The normalized spacial score (nSPS) is 18.0. The van der Waals surface area contributed by atoms with Gasteiger partial charge in [-0.05, 0) is 24.6 Å². The predicted octanol–water partition coefficient (Wildman–Crippen LogP) is 4.13. The summed E-state index contributed by atoms with van der Waals surface area (Å²) in [5, 5.41) is 3.43.